The van der Waals surface area contributed by atoms with E-state index in [1.165, 1.54) is 65.4 Å². The van der Waals surface area contributed by atoms with Crippen LogP contribution in [0, 0.1) is 5.92 Å². The summed E-state index contributed by atoms with van der Waals surface area (Å²) in [7, 11) is 0. The van der Waals surface area contributed by atoms with Gasteiger partial charge in [-0.05, 0) is 61.9 Å². The Morgan fingerprint density at radius 2 is 1.94 bits per heavy atom. The third-order valence-corrected chi connectivity index (χ3v) is 9.19. The molecule has 0 spiro atoms. The number of rotatable bonds is 7. The molecule has 0 saturated heterocycles. The normalized spacial score (nSPS) is 24.3. The monoisotopic (exact) mass is 479 g/mol. The Morgan fingerprint density at radius 1 is 1.15 bits per heavy atom. The quantitative estimate of drug-likeness (QED) is 0.384. The first-order valence-corrected chi connectivity index (χ1v) is 14.0. The van der Waals surface area contributed by atoms with Crippen LogP contribution in [-0.4, -0.2) is 35.0 Å². The molecule has 0 amide bonds. The van der Waals surface area contributed by atoms with Crippen LogP contribution in [-0.2, 0) is 11.8 Å². The van der Waals surface area contributed by atoms with Crippen molar-refractivity contribution in [3.63, 3.8) is 0 Å². The molecule has 2 aliphatic heterocycles. The van der Waals surface area contributed by atoms with E-state index in [4.69, 9.17) is 11.6 Å². The summed E-state index contributed by atoms with van der Waals surface area (Å²) in [5, 5.41) is 2.26. The predicted molar refractivity (Wildman–Crippen MR) is 144 cm³/mol. The van der Waals surface area contributed by atoms with Gasteiger partial charge in [0.15, 0.2) is 6.54 Å². The maximum Gasteiger partial charge on any atom is 0.236 e. The first-order valence-electron chi connectivity index (χ1n) is 12.7. The predicted octanol–water partition coefficient (Wildman–Crippen LogP) is 7.30. The Hall–Kier alpha value is -1.71. The molecule has 1 fully saturated rings. The smallest absolute Gasteiger partial charge is 0.236 e. The number of nitrogens with zero attached hydrogens (tertiary/aromatic N) is 2. The summed E-state index contributed by atoms with van der Waals surface area (Å²) in [6, 6.07) is 17.5. The van der Waals surface area contributed by atoms with Crippen LogP contribution in [0.2, 0.25) is 5.02 Å². The summed E-state index contributed by atoms with van der Waals surface area (Å²) >= 11 is 8.60. The van der Waals surface area contributed by atoms with E-state index in [1.54, 1.807) is 0 Å². The maximum absolute atomic E-state index is 6.59. The molecule has 1 saturated carbocycles. The second kappa shape index (κ2) is 9.88. The summed E-state index contributed by atoms with van der Waals surface area (Å²) in [6.45, 7) is 8.03. The van der Waals surface area contributed by atoms with Crippen LogP contribution in [0.4, 0.5) is 5.69 Å². The number of benzene rings is 2. The Labute approximate surface area is 208 Å². The first-order chi connectivity index (χ1) is 16.1. The lowest BCUT2D eigenvalue weighted by atomic mass is 9.76. The highest BCUT2D eigenvalue weighted by Gasteiger charge is 2.45. The second-order valence-corrected chi connectivity index (χ2v) is 11.6. The molecule has 5 rings (SSSR count). The molecular weight excluding hydrogens is 444 g/mol. The van der Waals surface area contributed by atoms with E-state index in [0.717, 1.165) is 37.0 Å². The van der Waals surface area contributed by atoms with Gasteiger partial charge in [-0.15, -0.1) is 0 Å². The van der Waals surface area contributed by atoms with Gasteiger partial charge in [-0.1, -0.05) is 79.4 Å². The van der Waals surface area contributed by atoms with Crippen LogP contribution in [0.15, 0.2) is 60.3 Å². The number of allylic oxidation sites excluding steroid dienone is 1. The van der Waals surface area contributed by atoms with Gasteiger partial charge in [0.1, 0.15) is 6.54 Å². The molecule has 1 unspecified atom stereocenters. The number of thioether (sulfide) groups is 1. The van der Waals surface area contributed by atoms with Gasteiger partial charge < -0.3 is 4.90 Å². The number of hydrogen-bond acceptors (Lipinski definition) is 2. The average Bonchev–Trinajstić information content (AvgIpc) is 3.55. The molecule has 174 valence electrons. The topological polar surface area (TPSA) is 6.25 Å². The summed E-state index contributed by atoms with van der Waals surface area (Å²) < 4.78 is 2.53. The minimum atomic E-state index is -0.104. The van der Waals surface area contributed by atoms with E-state index < -0.39 is 0 Å². The fourth-order valence-corrected chi connectivity index (χ4v) is 7.35. The van der Waals surface area contributed by atoms with Gasteiger partial charge in [0.2, 0.25) is 5.04 Å². The lowest BCUT2D eigenvalue weighted by molar-refractivity contribution is -0.513. The summed E-state index contributed by atoms with van der Waals surface area (Å²) in [5.74, 6) is 2.06. The minimum Gasteiger partial charge on any atom is -0.344 e. The van der Waals surface area contributed by atoms with Gasteiger partial charge in [-0.25, -0.2) is 4.58 Å². The number of anilines is 1. The Kier molecular flexibility index (Phi) is 6.90. The van der Waals surface area contributed by atoms with Crippen molar-refractivity contribution in [2.75, 3.05) is 30.3 Å². The van der Waals surface area contributed by atoms with Gasteiger partial charge in [0, 0.05) is 34.4 Å². The fraction of sp³-hybridized carbons (Fsp3) is 0.483. The number of hydrogen-bond donors (Lipinski definition) is 0. The molecule has 0 aromatic heterocycles. The zero-order chi connectivity index (χ0) is 22.8. The fourth-order valence-electron chi connectivity index (χ4n) is 6.06. The van der Waals surface area contributed by atoms with Crippen LogP contribution in [0.25, 0.3) is 0 Å². The Balaban J connectivity index is 1.60. The lowest BCUT2D eigenvalue weighted by Crippen LogP contribution is -2.32. The first kappa shape index (κ1) is 23.1. The average molecular weight is 480 g/mol. The largest absolute Gasteiger partial charge is 0.344 e. The standard InChI is InChI=1S/C29H36ClN2S/c1-3-31-17-18-33-28(31)20-27-29(2,21-23-11-5-4-6-12-23)25-19-24(30)13-14-26(25)32(27)16-15-22-9-7-8-10-22/h4-6,11-14,19-20,22H,3,7-10,15-18,21H2,1-2H3/q+1. The Morgan fingerprint density at radius 3 is 2.70 bits per heavy atom. The second-order valence-electron chi connectivity index (χ2n) is 10.0. The highest BCUT2D eigenvalue weighted by Crippen LogP contribution is 2.51. The van der Waals surface area contributed by atoms with Crippen LogP contribution in [0.5, 0.6) is 0 Å². The summed E-state index contributed by atoms with van der Waals surface area (Å²) in [6.07, 6.45) is 10.4. The molecule has 33 heavy (non-hydrogen) atoms. The van der Waals surface area contributed by atoms with Gasteiger partial charge in [-0.2, -0.15) is 0 Å². The molecule has 2 heterocycles. The van der Waals surface area contributed by atoms with E-state index in [0.29, 0.717) is 0 Å². The van der Waals surface area contributed by atoms with E-state index in [-0.39, 0.29) is 5.41 Å². The number of halogens is 1. The molecule has 2 nitrogen and oxygen atoms in total. The molecule has 0 N–H and O–H groups in total. The van der Waals surface area contributed by atoms with Gasteiger partial charge in [0.25, 0.3) is 0 Å². The van der Waals surface area contributed by atoms with Crippen molar-refractivity contribution in [2.24, 2.45) is 5.92 Å². The SMILES string of the molecule is CC[N+]1=C(/C=C2/N(CCC3CCCC3)c3ccc(Cl)cc3C2(C)Cc2ccccc2)SCC1. The van der Waals surface area contributed by atoms with Gasteiger partial charge >= 0.3 is 0 Å². The summed E-state index contributed by atoms with van der Waals surface area (Å²) in [5.41, 5.74) is 5.46. The summed E-state index contributed by atoms with van der Waals surface area (Å²) in [4.78, 5) is 2.65. The molecule has 2 aromatic carbocycles. The molecule has 4 heteroatoms. The van der Waals surface area contributed by atoms with Crippen LogP contribution in [0.3, 0.4) is 0 Å². The Bertz CT molecular complexity index is 1050. The van der Waals surface area contributed by atoms with Crippen LogP contribution < -0.4 is 4.90 Å². The molecule has 0 radical (unpaired) electrons. The van der Waals surface area contributed by atoms with Crippen LogP contribution >= 0.6 is 23.4 Å². The van der Waals surface area contributed by atoms with Crippen molar-refractivity contribution in [1.29, 1.82) is 0 Å². The third-order valence-electron chi connectivity index (χ3n) is 7.90. The van der Waals surface area contributed by atoms with E-state index in [1.807, 2.05) is 11.8 Å². The van der Waals surface area contributed by atoms with Crippen molar-refractivity contribution in [1.82, 2.24) is 0 Å². The molecule has 3 aliphatic rings. The van der Waals surface area contributed by atoms with Gasteiger partial charge in [0.05, 0.1) is 5.75 Å². The van der Waals surface area contributed by atoms with Crippen molar-refractivity contribution in [3.05, 3.63) is 76.5 Å². The van der Waals surface area contributed by atoms with Crippen molar-refractivity contribution in [2.45, 2.75) is 57.8 Å². The number of fused-ring (bicyclic) bond motifs is 1. The molecule has 2 aromatic rings. The lowest BCUT2D eigenvalue weighted by Gasteiger charge is -2.31. The van der Waals surface area contributed by atoms with E-state index >= 15 is 0 Å². The van der Waals surface area contributed by atoms with Crippen molar-refractivity contribution >= 4 is 34.1 Å². The van der Waals surface area contributed by atoms with E-state index in [9.17, 15) is 0 Å². The maximum atomic E-state index is 6.59. The highest BCUT2D eigenvalue weighted by molar-refractivity contribution is 8.14. The molecule has 1 aliphatic carbocycles. The van der Waals surface area contributed by atoms with Crippen molar-refractivity contribution < 1.29 is 4.58 Å². The zero-order valence-corrected chi connectivity index (χ0v) is 21.6. The molecular formula is C29H36ClN2S+. The highest BCUT2D eigenvalue weighted by atomic mass is 35.5. The zero-order valence-electron chi connectivity index (χ0n) is 20.0. The molecule has 0 bridgehead atoms. The van der Waals surface area contributed by atoms with E-state index in [2.05, 4.69) is 77.9 Å². The van der Waals surface area contributed by atoms with Gasteiger partial charge in [-0.3, -0.25) is 0 Å². The molecule has 1 atom stereocenters. The third kappa shape index (κ3) is 4.64. The van der Waals surface area contributed by atoms with Crippen LogP contribution in [0.1, 0.15) is 57.1 Å². The van der Waals surface area contributed by atoms with Crippen molar-refractivity contribution in [3.8, 4) is 0 Å². The minimum absolute atomic E-state index is 0.104.